The molecule has 2 aromatic heterocycles. The van der Waals surface area contributed by atoms with E-state index in [4.69, 9.17) is 14.9 Å². The second-order valence-corrected chi connectivity index (χ2v) is 10.00. The van der Waals surface area contributed by atoms with Crippen molar-refractivity contribution in [2.75, 3.05) is 13.1 Å². The lowest BCUT2D eigenvalue weighted by molar-refractivity contribution is -0.205. The summed E-state index contributed by atoms with van der Waals surface area (Å²) in [6.07, 6.45) is 3.56. The normalized spacial score (nSPS) is 16.1. The molecule has 1 fully saturated rings. The van der Waals surface area contributed by atoms with Gasteiger partial charge >= 0.3 is 5.97 Å². The average molecular weight is 486 g/mol. The first kappa shape index (κ1) is 21.9. The monoisotopic (exact) mass is 485 g/mol. The number of carbonyl (C=O) groups excluding carboxylic acids is 1. The van der Waals surface area contributed by atoms with Gasteiger partial charge in [-0.05, 0) is 75.5 Å². The van der Waals surface area contributed by atoms with Crippen LogP contribution in [0.5, 0.6) is 0 Å². The molecule has 3 aromatic rings. The summed E-state index contributed by atoms with van der Waals surface area (Å²) >= 11 is 3.58. The van der Waals surface area contributed by atoms with Gasteiger partial charge in [-0.1, -0.05) is 6.07 Å². The highest BCUT2D eigenvalue weighted by Gasteiger charge is 2.30. The largest absolute Gasteiger partial charge is 0.367 e. The summed E-state index contributed by atoms with van der Waals surface area (Å²) in [5.74, 6) is -0.194. The maximum absolute atomic E-state index is 12.2. The molecule has 0 saturated carbocycles. The Morgan fingerprint density at radius 3 is 2.58 bits per heavy atom. The van der Waals surface area contributed by atoms with Crippen molar-refractivity contribution in [3.05, 3.63) is 40.3 Å². The Labute approximate surface area is 190 Å². The standard InChI is InChI=1S/C23H28BrN5O2/c1-14-20(19-13-25-18-8-6-7-17(24)21(18)26-19)15(2)29(27-14)16-9-11-28(12-10-16)31-22(30)23(3,4)5/h6-8,13,16H,9-12H2,1-5H3. The van der Waals surface area contributed by atoms with E-state index in [9.17, 15) is 4.79 Å². The first-order valence-corrected chi connectivity index (χ1v) is 11.4. The van der Waals surface area contributed by atoms with Crippen LogP contribution in [0.3, 0.4) is 0 Å². The molecule has 3 heterocycles. The van der Waals surface area contributed by atoms with Gasteiger partial charge in [0.25, 0.3) is 0 Å². The van der Waals surface area contributed by atoms with Crippen LogP contribution in [0, 0.1) is 19.3 Å². The van der Waals surface area contributed by atoms with Crippen LogP contribution in [-0.4, -0.2) is 43.9 Å². The van der Waals surface area contributed by atoms with E-state index in [0.717, 1.165) is 51.0 Å². The Balaban J connectivity index is 1.55. The highest BCUT2D eigenvalue weighted by molar-refractivity contribution is 9.10. The highest BCUT2D eigenvalue weighted by atomic mass is 79.9. The van der Waals surface area contributed by atoms with Crippen LogP contribution >= 0.6 is 15.9 Å². The molecule has 0 atom stereocenters. The van der Waals surface area contributed by atoms with E-state index >= 15 is 0 Å². The van der Waals surface area contributed by atoms with Gasteiger partial charge in [-0.3, -0.25) is 9.67 Å². The number of para-hydroxylation sites is 1. The summed E-state index contributed by atoms with van der Waals surface area (Å²) in [6.45, 7) is 11.1. The third-order valence-electron chi connectivity index (χ3n) is 5.70. The number of hydrogen-bond acceptors (Lipinski definition) is 6. The number of fused-ring (bicyclic) bond motifs is 1. The molecule has 4 rings (SSSR count). The fourth-order valence-electron chi connectivity index (χ4n) is 3.94. The van der Waals surface area contributed by atoms with Crippen LogP contribution in [0.4, 0.5) is 0 Å². The molecule has 0 bridgehead atoms. The van der Waals surface area contributed by atoms with Gasteiger partial charge in [-0.2, -0.15) is 5.10 Å². The minimum Gasteiger partial charge on any atom is -0.367 e. The molecule has 0 radical (unpaired) electrons. The van der Waals surface area contributed by atoms with Crippen molar-refractivity contribution in [2.45, 2.75) is 53.5 Å². The average Bonchev–Trinajstić information content (AvgIpc) is 3.02. The number of nitrogens with zero attached hydrogens (tertiary/aromatic N) is 5. The molecular formula is C23H28BrN5O2. The molecule has 0 N–H and O–H groups in total. The zero-order valence-electron chi connectivity index (χ0n) is 18.6. The zero-order valence-corrected chi connectivity index (χ0v) is 20.2. The van der Waals surface area contributed by atoms with Crippen LogP contribution < -0.4 is 0 Å². The Bertz CT molecular complexity index is 1130. The van der Waals surface area contributed by atoms with Gasteiger partial charge in [-0.15, -0.1) is 5.06 Å². The van der Waals surface area contributed by atoms with E-state index in [-0.39, 0.29) is 12.0 Å². The Morgan fingerprint density at radius 1 is 1.19 bits per heavy atom. The van der Waals surface area contributed by atoms with E-state index in [1.54, 1.807) is 5.06 Å². The second-order valence-electron chi connectivity index (χ2n) is 9.14. The van der Waals surface area contributed by atoms with Crippen molar-refractivity contribution in [2.24, 2.45) is 5.41 Å². The van der Waals surface area contributed by atoms with Gasteiger partial charge in [0.05, 0.1) is 34.6 Å². The molecule has 164 valence electrons. The zero-order chi connectivity index (χ0) is 22.3. The van der Waals surface area contributed by atoms with Crippen LogP contribution in [-0.2, 0) is 9.63 Å². The quantitative estimate of drug-likeness (QED) is 0.518. The number of piperidine rings is 1. The van der Waals surface area contributed by atoms with Gasteiger partial charge in [0.1, 0.15) is 5.52 Å². The van der Waals surface area contributed by atoms with E-state index in [1.165, 1.54) is 0 Å². The molecule has 1 aliphatic heterocycles. The topological polar surface area (TPSA) is 73.1 Å². The smallest absolute Gasteiger partial charge is 0.330 e. The molecular weight excluding hydrogens is 458 g/mol. The number of aryl methyl sites for hydroxylation is 1. The first-order valence-electron chi connectivity index (χ1n) is 10.6. The van der Waals surface area contributed by atoms with Gasteiger partial charge in [0.15, 0.2) is 0 Å². The van der Waals surface area contributed by atoms with E-state index in [1.807, 2.05) is 52.1 Å². The molecule has 1 aliphatic rings. The molecule has 8 heteroatoms. The molecule has 0 unspecified atom stereocenters. The summed E-state index contributed by atoms with van der Waals surface area (Å²) in [5.41, 5.74) is 5.10. The third kappa shape index (κ3) is 4.36. The molecule has 7 nitrogen and oxygen atoms in total. The maximum atomic E-state index is 12.2. The fraction of sp³-hybridized carbons (Fsp3) is 0.478. The maximum Gasteiger partial charge on any atom is 0.330 e. The lowest BCUT2D eigenvalue weighted by atomic mass is 9.98. The summed E-state index contributed by atoms with van der Waals surface area (Å²) in [6, 6.07) is 6.16. The molecule has 1 saturated heterocycles. The van der Waals surface area contributed by atoms with E-state index < -0.39 is 5.41 Å². The number of aromatic nitrogens is 4. The number of carbonyl (C=O) groups is 1. The van der Waals surface area contributed by atoms with Crippen molar-refractivity contribution < 1.29 is 9.63 Å². The minimum absolute atomic E-state index is 0.194. The second kappa shape index (κ2) is 8.31. The molecule has 0 amide bonds. The van der Waals surface area contributed by atoms with Gasteiger partial charge in [0, 0.05) is 28.8 Å². The number of rotatable bonds is 3. The molecule has 1 aromatic carbocycles. The summed E-state index contributed by atoms with van der Waals surface area (Å²) < 4.78 is 3.04. The number of hydrogen-bond donors (Lipinski definition) is 0. The number of benzene rings is 1. The minimum atomic E-state index is -0.503. The van der Waals surface area contributed by atoms with Crippen LogP contribution in [0.1, 0.15) is 51.0 Å². The molecule has 0 spiro atoms. The Kier molecular flexibility index (Phi) is 5.87. The fourth-order valence-corrected chi connectivity index (χ4v) is 4.39. The van der Waals surface area contributed by atoms with Gasteiger partial charge < -0.3 is 4.84 Å². The Morgan fingerprint density at radius 2 is 1.90 bits per heavy atom. The van der Waals surface area contributed by atoms with E-state index in [2.05, 4.69) is 32.5 Å². The SMILES string of the molecule is Cc1nn(C2CCN(OC(=O)C(C)(C)C)CC2)c(C)c1-c1cnc2cccc(Br)c2n1. The lowest BCUT2D eigenvalue weighted by Crippen LogP contribution is -2.39. The van der Waals surface area contributed by atoms with Gasteiger partial charge in [-0.25, -0.2) is 9.78 Å². The van der Waals surface area contributed by atoms with Crippen molar-refractivity contribution in [1.82, 2.24) is 24.8 Å². The lowest BCUT2D eigenvalue weighted by Gasteiger charge is -2.32. The highest BCUT2D eigenvalue weighted by Crippen LogP contribution is 2.32. The van der Waals surface area contributed by atoms with Crippen molar-refractivity contribution in [3.8, 4) is 11.3 Å². The van der Waals surface area contributed by atoms with Crippen LogP contribution in [0.25, 0.3) is 22.3 Å². The predicted octanol–water partition coefficient (Wildman–Crippen LogP) is 5.01. The number of halogens is 1. The molecule has 31 heavy (non-hydrogen) atoms. The van der Waals surface area contributed by atoms with Crippen molar-refractivity contribution in [1.29, 1.82) is 0 Å². The summed E-state index contributed by atoms with van der Waals surface area (Å²) in [5, 5.41) is 6.63. The predicted molar refractivity (Wildman–Crippen MR) is 123 cm³/mol. The van der Waals surface area contributed by atoms with Crippen molar-refractivity contribution in [3.63, 3.8) is 0 Å². The summed E-state index contributed by atoms with van der Waals surface area (Å²) in [4.78, 5) is 27.2. The number of hydroxylamine groups is 2. The van der Waals surface area contributed by atoms with Crippen LogP contribution in [0.15, 0.2) is 28.9 Å². The third-order valence-corrected chi connectivity index (χ3v) is 6.34. The first-order chi connectivity index (χ1) is 14.6. The van der Waals surface area contributed by atoms with E-state index in [0.29, 0.717) is 13.1 Å². The van der Waals surface area contributed by atoms with Crippen molar-refractivity contribution >= 4 is 32.9 Å². The molecule has 0 aliphatic carbocycles. The van der Waals surface area contributed by atoms with Crippen LogP contribution in [0.2, 0.25) is 0 Å². The Hall–Kier alpha value is -2.32. The summed E-state index contributed by atoms with van der Waals surface area (Å²) in [7, 11) is 0. The van der Waals surface area contributed by atoms with Gasteiger partial charge in [0.2, 0.25) is 0 Å².